The molecule has 0 aromatic heterocycles. The van der Waals surface area contributed by atoms with Gasteiger partial charge in [0.2, 0.25) is 5.91 Å². The molecule has 7 heteroatoms. The molecule has 2 aromatic carbocycles. The number of rotatable bonds is 2. The highest BCUT2D eigenvalue weighted by molar-refractivity contribution is 9.10. The van der Waals surface area contributed by atoms with Crippen LogP contribution in [0.5, 0.6) is 0 Å². The van der Waals surface area contributed by atoms with Crippen LogP contribution < -0.4 is 5.43 Å². The van der Waals surface area contributed by atoms with Gasteiger partial charge in [-0.2, -0.15) is 13.2 Å². The van der Waals surface area contributed by atoms with E-state index in [0.29, 0.717) is 5.39 Å². The number of hydrogen-bond acceptors (Lipinski definition) is 2. The molecule has 22 heavy (non-hydrogen) atoms. The molecule has 0 saturated carbocycles. The number of halogens is 4. The van der Waals surface area contributed by atoms with Crippen molar-refractivity contribution in [3.05, 3.63) is 46.4 Å². The second-order valence-corrected chi connectivity index (χ2v) is 6.09. The van der Waals surface area contributed by atoms with Crippen LogP contribution in [0.1, 0.15) is 18.0 Å². The lowest BCUT2D eigenvalue weighted by atomic mass is 10.0. The van der Waals surface area contributed by atoms with E-state index in [2.05, 4.69) is 21.4 Å². The Bertz CT molecular complexity index is 732. The van der Waals surface area contributed by atoms with E-state index < -0.39 is 18.1 Å². The maximum atomic E-state index is 13.5. The zero-order chi connectivity index (χ0) is 15.9. The maximum Gasteiger partial charge on any atom is 0.409 e. The number of amides is 1. The summed E-state index contributed by atoms with van der Waals surface area (Å²) < 4.78 is 41.2. The standard InChI is InChI=1S/C15H12BrF3N2O/c16-12-4-3-9-1-2-10(7-11(9)8-12)14(15(17,18)19)21-6-5-13(22)20-21/h1-4,7-8,14H,5-6H2,(H,20,22)/t14-/m0/s1. The van der Waals surface area contributed by atoms with Gasteiger partial charge in [-0.15, -0.1) is 0 Å². The number of hydrazine groups is 1. The number of carbonyl (C=O) groups is 1. The van der Waals surface area contributed by atoms with E-state index in [1.165, 1.54) is 12.1 Å². The first-order valence-electron chi connectivity index (χ1n) is 6.67. The van der Waals surface area contributed by atoms with Gasteiger partial charge >= 0.3 is 6.18 Å². The number of nitrogens with one attached hydrogen (secondary N) is 1. The summed E-state index contributed by atoms with van der Waals surface area (Å²) in [5, 5.41) is 2.53. The molecule has 0 aliphatic carbocycles. The van der Waals surface area contributed by atoms with Gasteiger partial charge in [-0.25, -0.2) is 5.01 Å². The van der Waals surface area contributed by atoms with Gasteiger partial charge < -0.3 is 0 Å². The summed E-state index contributed by atoms with van der Waals surface area (Å²) in [5.74, 6) is -0.391. The third kappa shape index (κ3) is 2.96. The molecule has 1 amide bonds. The van der Waals surface area contributed by atoms with Crippen molar-refractivity contribution in [2.24, 2.45) is 0 Å². The smallest absolute Gasteiger partial charge is 0.288 e. The van der Waals surface area contributed by atoms with Gasteiger partial charge in [0.25, 0.3) is 0 Å². The molecule has 3 nitrogen and oxygen atoms in total. The lowest BCUT2D eigenvalue weighted by Gasteiger charge is -2.29. The highest BCUT2D eigenvalue weighted by atomic mass is 79.9. The fourth-order valence-electron chi connectivity index (χ4n) is 2.64. The highest BCUT2D eigenvalue weighted by Gasteiger charge is 2.46. The van der Waals surface area contributed by atoms with Crippen molar-refractivity contribution >= 4 is 32.6 Å². The Kier molecular flexibility index (Phi) is 3.86. The number of alkyl halides is 3. The number of nitrogens with zero attached hydrogens (tertiary/aromatic N) is 1. The molecular weight excluding hydrogens is 361 g/mol. The number of benzene rings is 2. The number of fused-ring (bicyclic) bond motifs is 1. The Morgan fingerprint density at radius 1 is 1.14 bits per heavy atom. The molecule has 1 atom stereocenters. The first-order valence-corrected chi connectivity index (χ1v) is 7.46. The van der Waals surface area contributed by atoms with E-state index in [4.69, 9.17) is 0 Å². The predicted octanol–water partition coefficient (Wildman–Crippen LogP) is 3.94. The van der Waals surface area contributed by atoms with Crippen molar-refractivity contribution in [1.82, 2.24) is 10.4 Å². The lowest BCUT2D eigenvalue weighted by Crippen LogP contribution is -2.43. The van der Waals surface area contributed by atoms with E-state index in [0.717, 1.165) is 14.9 Å². The SMILES string of the molecule is O=C1CCN([C@@H](c2ccc3ccc(Br)cc3c2)C(F)(F)F)N1. The lowest BCUT2D eigenvalue weighted by molar-refractivity contribution is -0.191. The first-order chi connectivity index (χ1) is 10.3. The van der Waals surface area contributed by atoms with Crippen LogP contribution in [-0.2, 0) is 4.79 Å². The van der Waals surface area contributed by atoms with Crippen molar-refractivity contribution < 1.29 is 18.0 Å². The molecule has 116 valence electrons. The van der Waals surface area contributed by atoms with Crippen LogP contribution in [0.4, 0.5) is 13.2 Å². The first kappa shape index (κ1) is 15.3. The van der Waals surface area contributed by atoms with Crippen molar-refractivity contribution in [3.8, 4) is 0 Å². The van der Waals surface area contributed by atoms with Crippen LogP contribution in [-0.4, -0.2) is 23.6 Å². The van der Waals surface area contributed by atoms with E-state index in [-0.39, 0.29) is 18.5 Å². The van der Waals surface area contributed by atoms with Crippen LogP contribution >= 0.6 is 15.9 Å². The highest BCUT2D eigenvalue weighted by Crippen LogP contribution is 2.39. The monoisotopic (exact) mass is 372 g/mol. The zero-order valence-corrected chi connectivity index (χ0v) is 12.9. The quantitative estimate of drug-likeness (QED) is 0.865. The fraction of sp³-hybridized carbons (Fsp3) is 0.267. The van der Waals surface area contributed by atoms with Crippen LogP contribution in [0, 0.1) is 0 Å². The average Bonchev–Trinajstić information content (AvgIpc) is 2.83. The van der Waals surface area contributed by atoms with Crippen molar-refractivity contribution in [2.45, 2.75) is 18.6 Å². The Balaban J connectivity index is 2.05. The third-order valence-electron chi connectivity index (χ3n) is 3.61. The summed E-state index contributed by atoms with van der Waals surface area (Å²) in [5.41, 5.74) is 2.39. The largest absolute Gasteiger partial charge is 0.409 e. The molecule has 3 rings (SSSR count). The fourth-order valence-corrected chi connectivity index (χ4v) is 3.02. The van der Waals surface area contributed by atoms with Crippen molar-refractivity contribution in [2.75, 3.05) is 6.54 Å². The van der Waals surface area contributed by atoms with Crippen LogP contribution in [0.3, 0.4) is 0 Å². The number of carbonyl (C=O) groups excluding carboxylic acids is 1. The van der Waals surface area contributed by atoms with Crippen molar-refractivity contribution in [3.63, 3.8) is 0 Å². The summed E-state index contributed by atoms with van der Waals surface area (Å²) in [6.45, 7) is 0.0412. The van der Waals surface area contributed by atoms with Gasteiger partial charge in [0, 0.05) is 17.4 Å². The molecule has 0 radical (unpaired) electrons. The van der Waals surface area contributed by atoms with E-state index in [1.54, 1.807) is 12.1 Å². The normalized spacial score (nSPS) is 17.7. The van der Waals surface area contributed by atoms with Gasteiger partial charge in [0.1, 0.15) is 6.04 Å². The van der Waals surface area contributed by atoms with Gasteiger partial charge in [-0.3, -0.25) is 10.2 Å². The zero-order valence-electron chi connectivity index (χ0n) is 11.3. The van der Waals surface area contributed by atoms with Crippen LogP contribution in [0.15, 0.2) is 40.9 Å². The summed E-state index contributed by atoms with van der Waals surface area (Å²) in [7, 11) is 0. The van der Waals surface area contributed by atoms with Crippen LogP contribution in [0.2, 0.25) is 0 Å². The second-order valence-electron chi connectivity index (χ2n) is 5.17. The summed E-state index contributed by atoms with van der Waals surface area (Å²) >= 11 is 3.32. The van der Waals surface area contributed by atoms with E-state index in [9.17, 15) is 18.0 Å². The average molecular weight is 373 g/mol. The minimum absolute atomic E-state index is 0.0412. The van der Waals surface area contributed by atoms with E-state index >= 15 is 0 Å². The summed E-state index contributed by atoms with van der Waals surface area (Å²) in [6, 6.07) is 8.24. The molecule has 0 unspecified atom stereocenters. The molecule has 1 N–H and O–H groups in total. The number of hydrogen-bond donors (Lipinski definition) is 1. The van der Waals surface area contributed by atoms with Gasteiger partial charge in [0.05, 0.1) is 0 Å². The Labute approximate surface area is 133 Å². The molecule has 1 fully saturated rings. The third-order valence-corrected chi connectivity index (χ3v) is 4.11. The molecule has 1 aliphatic heterocycles. The molecule has 1 aliphatic rings. The molecule has 0 bridgehead atoms. The Hall–Kier alpha value is -1.60. The molecule has 1 heterocycles. The Morgan fingerprint density at radius 2 is 1.86 bits per heavy atom. The molecule has 2 aromatic rings. The van der Waals surface area contributed by atoms with Gasteiger partial charge in [-0.05, 0) is 34.5 Å². The second kappa shape index (κ2) is 5.55. The van der Waals surface area contributed by atoms with Gasteiger partial charge in [-0.1, -0.05) is 34.1 Å². The minimum Gasteiger partial charge on any atom is -0.288 e. The Morgan fingerprint density at radius 3 is 2.50 bits per heavy atom. The minimum atomic E-state index is -4.47. The topological polar surface area (TPSA) is 32.3 Å². The molecular formula is C15H12BrF3N2O. The molecule has 0 spiro atoms. The van der Waals surface area contributed by atoms with Crippen LogP contribution in [0.25, 0.3) is 10.8 Å². The maximum absolute atomic E-state index is 13.5. The van der Waals surface area contributed by atoms with Gasteiger partial charge in [0.15, 0.2) is 0 Å². The summed E-state index contributed by atoms with van der Waals surface area (Å²) in [6.07, 6.45) is -4.40. The van der Waals surface area contributed by atoms with E-state index in [1.807, 2.05) is 12.1 Å². The molecule has 1 saturated heterocycles. The predicted molar refractivity (Wildman–Crippen MR) is 79.9 cm³/mol. The summed E-state index contributed by atoms with van der Waals surface area (Å²) in [4.78, 5) is 11.2. The van der Waals surface area contributed by atoms with Crippen molar-refractivity contribution in [1.29, 1.82) is 0 Å².